The van der Waals surface area contributed by atoms with Gasteiger partial charge in [0.25, 0.3) is 0 Å². The molecule has 4 atom stereocenters. The lowest BCUT2D eigenvalue weighted by molar-refractivity contribution is -0.146. The van der Waals surface area contributed by atoms with Gasteiger partial charge < -0.3 is 23.9 Å². The maximum atomic E-state index is 12.8. The zero-order valence-electron chi connectivity index (χ0n) is 24.8. The van der Waals surface area contributed by atoms with E-state index in [1.807, 2.05) is 46.9 Å². The highest BCUT2D eigenvalue weighted by Crippen LogP contribution is 2.33. The monoisotopic (exact) mass is 563 g/mol. The van der Waals surface area contributed by atoms with Crippen molar-refractivity contribution in [3.05, 3.63) is 34.9 Å². The Balaban J connectivity index is 1.84. The van der Waals surface area contributed by atoms with Gasteiger partial charge in [-0.25, -0.2) is 9.78 Å². The molecule has 0 bridgehead atoms. The second kappa shape index (κ2) is 13.4. The highest BCUT2D eigenvalue weighted by molar-refractivity contribution is 6.33. The Morgan fingerprint density at radius 1 is 1.28 bits per heavy atom. The molecule has 9 heteroatoms. The molecule has 2 aromatic rings. The number of pyridine rings is 1. The maximum absolute atomic E-state index is 12.8. The summed E-state index contributed by atoms with van der Waals surface area (Å²) in [6, 6.07) is 1.64. The van der Waals surface area contributed by atoms with E-state index in [0.717, 1.165) is 36.2 Å². The van der Waals surface area contributed by atoms with Gasteiger partial charge in [0.2, 0.25) is 0 Å². The van der Waals surface area contributed by atoms with Crippen LogP contribution in [0.5, 0.6) is 0 Å². The second-order valence-corrected chi connectivity index (χ2v) is 12.9. The lowest BCUT2D eigenvalue weighted by Crippen LogP contribution is -2.47. The molecule has 39 heavy (non-hydrogen) atoms. The summed E-state index contributed by atoms with van der Waals surface area (Å²) < 4.78 is 18.7. The summed E-state index contributed by atoms with van der Waals surface area (Å²) in [6.45, 7) is 14.6. The minimum absolute atomic E-state index is 0.172. The van der Waals surface area contributed by atoms with E-state index in [4.69, 9.17) is 25.8 Å². The molecular formula is C30H46ClN3O5. The number of ether oxygens (including phenoxy) is 3. The Hall–Kier alpha value is -2.32. The molecule has 8 nitrogen and oxygen atoms in total. The summed E-state index contributed by atoms with van der Waals surface area (Å²) >= 11 is 6.68. The Morgan fingerprint density at radius 3 is 2.59 bits per heavy atom. The number of carbonyl (C=O) groups is 2. The van der Waals surface area contributed by atoms with Gasteiger partial charge in [-0.1, -0.05) is 39.3 Å². The fraction of sp³-hybridized carbons (Fsp3) is 0.700. The van der Waals surface area contributed by atoms with Crippen LogP contribution < -0.4 is 5.32 Å². The Kier molecular flexibility index (Phi) is 10.7. The van der Waals surface area contributed by atoms with E-state index in [-0.39, 0.29) is 29.8 Å². The van der Waals surface area contributed by atoms with Crippen LogP contribution in [0.15, 0.2) is 18.5 Å². The number of esters is 1. The fourth-order valence-electron chi connectivity index (χ4n) is 5.24. The van der Waals surface area contributed by atoms with Gasteiger partial charge >= 0.3 is 12.1 Å². The van der Waals surface area contributed by atoms with Crippen molar-refractivity contribution < 1.29 is 23.8 Å². The summed E-state index contributed by atoms with van der Waals surface area (Å²) in [5, 5.41) is 3.71. The molecule has 1 N–H and O–H groups in total. The number of amides is 1. The van der Waals surface area contributed by atoms with Gasteiger partial charge in [0.05, 0.1) is 28.7 Å². The first-order valence-electron chi connectivity index (χ1n) is 14.1. The largest absolute Gasteiger partial charge is 0.460 e. The number of nitrogens with zero attached hydrogens (tertiary/aromatic N) is 2. The number of cyclic esters (lactones) is 1. The normalized spacial score (nSPS) is 19.5. The molecule has 4 unspecified atom stereocenters. The number of hydrogen-bond donors (Lipinski definition) is 1. The van der Waals surface area contributed by atoms with Crippen molar-refractivity contribution in [2.45, 2.75) is 98.3 Å². The number of carbonyl (C=O) groups excluding carboxylic acids is 2. The van der Waals surface area contributed by atoms with Crippen molar-refractivity contribution in [2.24, 2.45) is 23.7 Å². The molecule has 2 aromatic heterocycles. The molecule has 1 aliphatic rings. The third-order valence-electron chi connectivity index (χ3n) is 7.48. The SMILES string of the molecule is COCCCc1ncc2c(Cl)cc(CC(CC(NC(=O)OC(C)(C)C)C3CC(C(C)C)C(=O)O3)C(C)C)cn12. The molecule has 3 heterocycles. The molecule has 0 radical (unpaired) electrons. The average molecular weight is 564 g/mol. The van der Waals surface area contributed by atoms with Gasteiger partial charge in [-0.15, -0.1) is 0 Å². The number of hydrogen-bond acceptors (Lipinski definition) is 6. The number of imidazole rings is 1. The number of nitrogens with one attached hydrogen (secondary N) is 1. The molecule has 1 aliphatic heterocycles. The van der Waals surface area contributed by atoms with E-state index >= 15 is 0 Å². The van der Waals surface area contributed by atoms with E-state index in [1.54, 1.807) is 7.11 Å². The van der Waals surface area contributed by atoms with Crippen LogP contribution in [0.2, 0.25) is 5.02 Å². The van der Waals surface area contributed by atoms with Crippen molar-refractivity contribution >= 4 is 29.2 Å². The van der Waals surface area contributed by atoms with Crippen molar-refractivity contribution in [1.29, 1.82) is 0 Å². The molecular weight excluding hydrogens is 518 g/mol. The molecule has 3 rings (SSSR count). The number of aryl methyl sites for hydroxylation is 1. The van der Waals surface area contributed by atoms with Crippen molar-refractivity contribution in [3.8, 4) is 0 Å². The van der Waals surface area contributed by atoms with E-state index in [0.29, 0.717) is 30.4 Å². The van der Waals surface area contributed by atoms with Crippen LogP contribution in [0.1, 0.15) is 79.1 Å². The smallest absolute Gasteiger partial charge is 0.408 e. The predicted molar refractivity (Wildman–Crippen MR) is 153 cm³/mol. The first-order valence-corrected chi connectivity index (χ1v) is 14.5. The van der Waals surface area contributed by atoms with Gasteiger partial charge in [-0.3, -0.25) is 4.79 Å². The van der Waals surface area contributed by atoms with E-state index in [1.165, 1.54) is 0 Å². The Bertz CT molecular complexity index is 1120. The van der Waals surface area contributed by atoms with E-state index in [9.17, 15) is 9.59 Å². The van der Waals surface area contributed by atoms with Crippen molar-refractivity contribution in [1.82, 2.24) is 14.7 Å². The van der Waals surface area contributed by atoms with E-state index in [2.05, 4.69) is 34.7 Å². The van der Waals surface area contributed by atoms with Crippen molar-refractivity contribution in [2.75, 3.05) is 13.7 Å². The van der Waals surface area contributed by atoms with Gasteiger partial charge in [0.15, 0.2) is 0 Å². The van der Waals surface area contributed by atoms with E-state index < -0.39 is 17.8 Å². The minimum atomic E-state index is -0.628. The number of alkyl carbamates (subject to hydrolysis) is 1. The average Bonchev–Trinajstić information content (AvgIpc) is 3.41. The van der Waals surface area contributed by atoms with Crippen molar-refractivity contribution in [3.63, 3.8) is 0 Å². The first kappa shape index (κ1) is 31.2. The molecule has 218 valence electrons. The standard InChI is InChI=1S/C30H46ClN3O5/c1-18(2)21(12-20-13-23(31)25-16-32-27(34(25)17-20)10-9-11-37-8)14-24(33-29(36)39-30(5,6)7)26-15-22(19(3)4)28(35)38-26/h13,16-19,21-22,24,26H,9-12,14-15H2,1-8H3,(H,33,36). The fourth-order valence-corrected chi connectivity index (χ4v) is 5.52. The van der Waals surface area contributed by atoms with Gasteiger partial charge in [0, 0.05) is 26.3 Å². The minimum Gasteiger partial charge on any atom is -0.460 e. The summed E-state index contributed by atoms with van der Waals surface area (Å²) in [6.07, 6.45) is 6.68. The zero-order chi connectivity index (χ0) is 28.9. The zero-order valence-corrected chi connectivity index (χ0v) is 25.5. The molecule has 1 fully saturated rings. The summed E-state index contributed by atoms with van der Waals surface area (Å²) in [4.78, 5) is 30.0. The molecule has 0 aromatic carbocycles. The van der Waals surface area contributed by atoms with Crippen LogP contribution in [-0.4, -0.2) is 52.9 Å². The van der Waals surface area contributed by atoms with Crippen LogP contribution in [0.3, 0.4) is 0 Å². The number of rotatable bonds is 12. The molecule has 1 amide bonds. The number of aromatic nitrogens is 2. The highest BCUT2D eigenvalue weighted by atomic mass is 35.5. The van der Waals surface area contributed by atoms with Gasteiger partial charge in [-0.2, -0.15) is 0 Å². The van der Waals surface area contributed by atoms with Crippen LogP contribution in [0.25, 0.3) is 5.52 Å². The molecule has 0 saturated carbocycles. The third kappa shape index (κ3) is 8.58. The third-order valence-corrected chi connectivity index (χ3v) is 7.79. The summed E-state index contributed by atoms with van der Waals surface area (Å²) in [5.41, 5.74) is 1.35. The lowest BCUT2D eigenvalue weighted by atomic mass is 9.82. The van der Waals surface area contributed by atoms with Gasteiger partial charge in [-0.05, 0) is 75.8 Å². The predicted octanol–water partition coefficient (Wildman–Crippen LogP) is 6.25. The topological polar surface area (TPSA) is 91.2 Å². The molecule has 1 saturated heterocycles. The first-order chi connectivity index (χ1) is 18.3. The maximum Gasteiger partial charge on any atom is 0.408 e. The lowest BCUT2D eigenvalue weighted by Gasteiger charge is -2.31. The number of fused-ring (bicyclic) bond motifs is 1. The Morgan fingerprint density at radius 2 is 2.00 bits per heavy atom. The molecule has 0 spiro atoms. The van der Waals surface area contributed by atoms with Crippen LogP contribution >= 0.6 is 11.6 Å². The number of halogens is 1. The Labute approximate surface area is 238 Å². The van der Waals surface area contributed by atoms with Crippen LogP contribution in [0, 0.1) is 23.7 Å². The van der Waals surface area contributed by atoms with Gasteiger partial charge in [0.1, 0.15) is 17.5 Å². The summed E-state index contributed by atoms with van der Waals surface area (Å²) in [7, 11) is 1.70. The van der Waals surface area contributed by atoms with Crippen LogP contribution in [-0.2, 0) is 31.8 Å². The highest BCUT2D eigenvalue weighted by Gasteiger charge is 2.42. The number of methoxy groups -OCH3 is 1. The second-order valence-electron chi connectivity index (χ2n) is 12.5. The quantitative estimate of drug-likeness (QED) is 0.242. The molecule has 0 aliphatic carbocycles. The summed E-state index contributed by atoms with van der Waals surface area (Å²) in [5.74, 6) is 1.27. The van der Waals surface area contributed by atoms with Crippen LogP contribution in [0.4, 0.5) is 4.79 Å².